The summed E-state index contributed by atoms with van der Waals surface area (Å²) in [5, 5.41) is 0. The number of hydrogen-bond donors (Lipinski definition) is 0. The first-order valence-electron chi connectivity index (χ1n) is 8.97. The molecular formula is C18H36O2Si. The minimum absolute atomic E-state index is 0.0931. The molecule has 0 rings (SSSR count). The van der Waals surface area contributed by atoms with Crippen LogP contribution in [0.5, 0.6) is 0 Å². The molecule has 2 nitrogen and oxygen atoms in total. The first kappa shape index (κ1) is 20.4. The SMILES string of the molecule is CCCCCCC=C[Si](CCCC)(CCCC)OC(C)=O. The van der Waals surface area contributed by atoms with Gasteiger partial charge in [-0.3, -0.25) is 4.79 Å². The van der Waals surface area contributed by atoms with Gasteiger partial charge in [0, 0.05) is 6.92 Å². The van der Waals surface area contributed by atoms with Crippen LogP contribution in [0.4, 0.5) is 0 Å². The smallest absolute Gasteiger partial charge is 0.289 e. The highest BCUT2D eigenvalue weighted by molar-refractivity contribution is 6.79. The summed E-state index contributed by atoms with van der Waals surface area (Å²) in [4.78, 5) is 11.5. The van der Waals surface area contributed by atoms with E-state index in [0.717, 1.165) is 18.5 Å². The van der Waals surface area contributed by atoms with E-state index in [4.69, 9.17) is 4.43 Å². The Hall–Kier alpha value is -0.573. The van der Waals surface area contributed by atoms with Crippen LogP contribution in [-0.2, 0) is 9.22 Å². The van der Waals surface area contributed by atoms with Gasteiger partial charge in [-0.05, 0) is 24.9 Å². The van der Waals surface area contributed by atoms with Crippen LogP contribution in [0.15, 0.2) is 11.8 Å². The minimum atomic E-state index is -2.00. The number of carbonyl (C=O) groups is 1. The minimum Gasteiger partial charge on any atom is -0.515 e. The molecule has 0 fully saturated rings. The number of hydrogen-bond acceptors (Lipinski definition) is 2. The molecule has 0 bridgehead atoms. The summed E-state index contributed by atoms with van der Waals surface area (Å²) in [6, 6.07) is 2.18. The third kappa shape index (κ3) is 10.8. The summed E-state index contributed by atoms with van der Waals surface area (Å²) in [6.07, 6.45) is 13.3. The normalized spacial score (nSPS) is 12.0. The molecule has 0 spiro atoms. The van der Waals surface area contributed by atoms with E-state index in [-0.39, 0.29) is 5.97 Å². The Balaban J connectivity index is 4.62. The van der Waals surface area contributed by atoms with E-state index >= 15 is 0 Å². The lowest BCUT2D eigenvalue weighted by Gasteiger charge is -2.27. The van der Waals surface area contributed by atoms with E-state index in [0.29, 0.717) is 0 Å². The third-order valence-corrected chi connectivity index (χ3v) is 7.84. The van der Waals surface area contributed by atoms with E-state index in [1.54, 1.807) is 6.92 Å². The van der Waals surface area contributed by atoms with Gasteiger partial charge >= 0.3 is 0 Å². The zero-order valence-electron chi connectivity index (χ0n) is 14.7. The van der Waals surface area contributed by atoms with Crippen molar-refractivity contribution in [2.24, 2.45) is 0 Å². The Morgan fingerprint density at radius 1 is 0.905 bits per heavy atom. The van der Waals surface area contributed by atoms with Crippen LogP contribution in [0, 0.1) is 0 Å². The maximum atomic E-state index is 11.5. The second-order valence-corrected chi connectivity index (χ2v) is 9.78. The van der Waals surface area contributed by atoms with Crippen molar-refractivity contribution in [1.82, 2.24) is 0 Å². The molecule has 0 saturated carbocycles. The molecule has 0 unspecified atom stereocenters. The summed E-state index contributed by atoms with van der Waals surface area (Å²) in [6.45, 7) is 8.22. The molecule has 124 valence electrons. The standard InChI is InChI=1S/C18H36O2Si/c1-5-8-11-12-13-14-17-21(15-9-6-2,16-10-7-3)20-18(4)19/h14,17H,5-13,15-16H2,1-4H3. The average molecular weight is 313 g/mol. The zero-order valence-corrected chi connectivity index (χ0v) is 15.7. The summed E-state index contributed by atoms with van der Waals surface area (Å²) < 4.78 is 5.88. The molecule has 21 heavy (non-hydrogen) atoms. The molecule has 0 heterocycles. The Morgan fingerprint density at radius 3 is 1.95 bits per heavy atom. The molecule has 0 aromatic rings. The predicted octanol–water partition coefficient (Wildman–Crippen LogP) is 6.16. The largest absolute Gasteiger partial charge is 0.515 e. The lowest BCUT2D eigenvalue weighted by atomic mass is 10.2. The number of unbranched alkanes of at least 4 members (excludes halogenated alkanes) is 6. The highest BCUT2D eigenvalue weighted by atomic mass is 28.4. The van der Waals surface area contributed by atoms with Crippen molar-refractivity contribution in [2.45, 2.75) is 97.6 Å². The van der Waals surface area contributed by atoms with E-state index in [9.17, 15) is 4.79 Å². The van der Waals surface area contributed by atoms with E-state index in [2.05, 4.69) is 32.5 Å². The van der Waals surface area contributed by atoms with Crippen LogP contribution < -0.4 is 0 Å². The van der Waals surface area contributed by atoms with Gasteiger partial charge < -0.3 is 4.43 Å². The van der Waals surface area contributed by atoms with Gasteiger partial charge in [0.1, 0.15) is 0 Å². The summed E-state index contributed by atoms with van der Waals surface area (Å²) in [7, 11) is -2.00. The van der Waals surface area contributed by atoms with Gasteiger partial charge in [0.15, 0.2) is 0 Å². The fraction of sp³-hybridized carbons (Fsp3) is 0.833. The van der Waals surface area contributed by atoms with Crippen molar-refractivity contribution < 1.29 is 9.22 Å². The Morgan fingerprint density at radius 2 is 1.48 bits per heavy atom. The monoisotopic (exact) mass is 312 g/mol. The predicted molar refractivity (Wildman–Crippen MR) is 94.8 cm³/mol. The fourth-order valence-corrected chi connectivity index (χ4v) is 6.58. The van der Waals surface area contributed by atoms with Crippen LogP contribution in [0.25, 0.3) is 0 Å². The molecule has 0 atom stereocenters. The molecule has 0 aliphatic carbocycles. The van der Waals surface area contributed by atoms with Gasteiger partial charge in [0.25, 0.3) is 14.3 Å². The van der Waals surface area contributed by atoms with Crippen molar-refractivity contribution in [2.75, 3.05) is 0 Å². The second-order valence-electron chi connectivity index (χ2n) is 6.12. The van der Waals surface area contributed by atoms with Crippen LogP contribution in [-0.4, -0.2) is 14.3 Å². The first-order valence-corrected chi connectivity index (χ1v) is 11.4. The first-order chi connectivity index (χ1) is 10.1. The second kappa shape index (κ2) is 13.1. The molecule has 0 aliphatic heterocycles. The van der Waals surface area contributed by atoms with E-state index in [1.165, 1.54) is 51.4 Å². The van der Waals surface area contributed by atoms with E-state index in [1.807, 2.05) is 0 Å². The molecule has 3 heteroatoms. The number of rotatable bonds is 13. The summed E-state index contributed by atoms with van der Waals surface area (Å²) in [5.74, 6) is -0.0931. The van der Waals surface area contributed by atoms with Crippen LogP contribution >= 0.6 is 0 Å². The van der Waals surface area contributed by atoms with Crippen molar-refractivity contribution in [1.29, 1.82) is 0 Å². The van der Waals surface area contributed by atoms with Gasteiger partial charge in [-0.25, -0.2) is 0 Å². The average Bonchev–Trinajstić information content (AvgIpc) is 2.46. The highest BCUT2D eigenvalue weighted by Crippen LogP contribution is 2.25. The van der Waals surface area contributed by atoms with Gasteiger partial charge in [0.2, 0.25) is 0 Å². The molecule has 0 radical (unpaired) electrons. The quantitative estimate of drug-likeness (QED) is 0.300. The maximum absolute atomic E-state index is 11.5. The molecule has 0 aromatic carbocycles. The number of allylic oxidation sites excluding steroid dienone is 1. The van der Waals surface area contributed by atoms with Gasteiger partial charge in [-0.15, -0.1) is 0 Å². The Kier molecular flexibility index (Phi) is 12.8. The molecule has 0 aromatic heterocycles. The Labute approximate surface area is 133 Å². The third-order valence-electron chi connectivity index (χ3n) is 3.90. The summed E-state index contributed by atoms with van der Waals surface area (Å²) in [5.41, 5.74) is 2.33. The molecule has 0 amide bonds. The van der Waals surface area contributed by atoms with E-state index < -0.39 is 8.32 Å². The van der Waals surface area contributed by atoms with Gasteiger partial charge in [0.05, 0.1) is 0 Å². The van der Waals surface area contributed by atoms with Gasteiger partial charge in [-0.1, -0.05) is 77.5 Å². The van der Waals surface area contributed by atoms with Crippen molar-refractivity contribution in [3.63, 3.8) is 0 Å². The maximum Gasteiger partial charge on any atom is 0.289 e. The fourth-order valence-electron chi connectivity index (χ4n) is 2.65. The molecular weight excluding hydrogens is 276 g/mol. The lowest BCUT2D eigenvalue weighted by molar-refractivity contribution is -0.132. The molecule has 0 N–H and O–H groups in total. The van der Waals surface area contributed by atoms with Crippen molar-refractivity contribution >= 4 is 14.3 Å². The van der Waals surface area contributed by atoms with Gasteiger partial charge in [-0.2, -0.15) is 0 Å². The lowest BCUT2D eigenvalue weighted by Crippen LogP contribution is -2.38. The van der Waals surface area contributed by atoms with Crippen molar-refractivity contribution in [3.8, 4) is 0 Å². The molecule has 0 aliphatic rings. The highest BCUT2D eigenvalue weighted by Gasteiger charge is 2.33. The Bertz CT molecular complexity index is 279. The number of carbonyl (C=O) groups excluding carboxylic acids is 1. The molecule has 0 saturated heterocycles. The van der Waals surface area contributed by atoms with Crippen LogP contribution in [0.1, 0.15) is 85.5 Å². The van der Waals surface area contributed by atoms with Crippen molar-refractivity contribution in [3.05, 3.63) is 11.8 Å². The van der Waals surface area contributed by atoms with Crippen LogP contribution in [0.2, 0.25) is 12.1 Å². The topological polar surface area (TPSA) is 26.3 Å². The zero-order chi connectivity index (χ0) is 16.0. The summed E-state index contributed by atoms with van der Waals surface area (Å²) >= 11 is 0. The van der Waals surface area contributed by atoms with Crippen LogP contribution in [0.3, 0.4) is 0 Å².